The molecule has 0 bridgehead atoms. The van der Waals surface area contributed by atoms with Gasteiger partial charge in [-0.3, -0.25) is 9.79 Å². The van der Waals surface area contributed by atoms with Gasteiger partial charge in [0.25, 0.3) is 0 Å². The zero-order chi connectivity index (χ0) is 19.9. The van der Waals surface area contributed by atoms with E-state index in [9.17, 15) is 4.79 Å². The van der Waals surface area contributed by atoms with E-state index in [2.05, 4.69) is 37.2 Å². The molecule has 1 aliphatic rings. The fourth-order valence-electron chi connectivity index (χ4n) is 3.74. The van der Waals surface area contributed by atoms with Crippen LogP contribution in [0.3, 0.4) is 0 Å². The minimum absolute atomic E-state index is 0. The van der Waals surface area contributed by atoms with Crippen molar-refractivity contribution in [1.29, 1.82) is 0 Å². The van der Waals surface area contributed by atoms with Gasteiger partial charge >= 0.3 is 0 Å². The largest absolute Gasteiger partial charge is 0.353 e. The summed E-state index contributed by atoms with van der Waals surface area (Å²) in [6.45, 7) is 1.43. The Balaban J connectivity index is 0.00000300. The van der Waals surface area contributed by atoms with Crippen molar-refractivity contribution < 1.29 is 4.79 Å². The Kier molecular flexibility index (Phi) is 9.00. The Morgan fingerprint density at radius 2 is 2.00 bits per heavy atom. The number of guanidine groups is 1. The van der Waals surface area contributed by atoms with E-state index in [1.54, 1.807) is 7.05 Å². The van der Waals surface area contributed by atoms with E-state index in [0.717, 1.165) is 49.4 Å². The fraction of sp³-hybridized carbons (Fsp3) is 0.455. The summed E-state index contributed by atoms with van der Waals surface area (Å²) < 4.78 is 2.11. The molecule has 0 unspecified atom stereocenters. The summed E-state index contributed by atoms with van der Waals surface area (Å²) in [5, 5.41) is 6.48. The number of nitrogens with one attached hydrogen (secondary N) is 2. The number of rotatable bonds is 6. The van der Waals surface area contributed by atoms with Gasteiger partial charge in [0.2, 0.25) is 5.91 Å². The van der Waals surface area contributed by atoms with Crippen molar-refractivity contribution in [3.63, 3.8) is 0 Å². The van der Waals surface area contributed by atoms with Crippen LogP contribution < -0.4 is 10.6 Å². The zero-order valence-electron chi connectivity index (χ0n) is 17.5. The maximum Gasteiger partial charge on any atom is 0.227 e. The van der Waals surface area contributed by atoms with Crippen LogP contribution in [-0.4, -0.2) is 35.4 Å². The number of nitrogens with zero attached hydrogens (tertiary/aromatic N) is 3. The minimum atomic E-state index is 0. The molecule has 7 heteroatoms. The lowest BCUT2D eigenvalue weighted by Gasteiger charge is -2.22. The smallest absolute Gasteiger partial charge is 0.227 e. The maximum absolute atomic E-state index is 12.4. The second kappa shape index (κ2) is 11.2. The Hall–Kier alpha value is -2.03. The molecule has 3 rings (SSSR count). The van der Waals surface area contributed by atoms with Gasteiger partial charge in [0.05, 0.1) is 6.54 Å². The topological polar surface area (TPSA) is 61.7 Å². The molecule has 1 aromatic carbocycles. The van der Waals surface area contributed by atoms with E-state index in [1.165, 1.54) is 5.69 Å². The summed E-state index contributed by atoms with van der Waals surface area (Å²) in [5.74, 6) is 1.16. The van der Waals surface area contributed by atoms with Gasteiger partial charge in [-0.15, -0.1) is 24.0 Å². The molecule has 0 spiro atoms. The second-order valence-electron chi connectivity index (χ2n) is 7.54. The van der Waals surface area contributed by atoms with Crippen molar-refractivity contribution in [2.24, 2.45) is 18.0 Å². The van der Waals surface area contributed by atoms with Gasteiger partial charge in [0.15, 0.2) is 5.96 Å². The summed E-state index contributed by atoms with van der Waals surface area (Å²) in [4.78, 5) is 18.8. The lowest BCUT2D eigenvalue weighted by molar-refractivity contribution is -0.119. The highest BCUT2D eigenvalue weighted by molar-refractivity contribution is 14.0. The van der Waals surface area contributed by atoms with E-state index in [1.807, 2.05) is 44.6 Å². The van der Waals surface area contributed by atoms with Crippen LogP contribution in [0.15, 0.2) is 47.6 Å². The lowest BCUT2D eigenvalue weighted by Crippen LogP contribution is -2.38. The number of hydrogen-bond donors (Lipinski definition) is 2. The third kappa shape index (κ3) is 6.48. The van der Waals surface area contributed by atoms with Crippen LogP contribution in [0, 0.1) is 5.92 Å². The van der Waals surface area contributed by atoms with Gasteiger partial charge < -0.3 is 20.1 Å². The molecule has 1 saturated carbocycles. The first kappa shape index (κ1) is 23.3. The van der Waals surface area contributed by atoms with Crippen molar-refractivity contribution >= 4 is 41.5 Å². The van der Waals surface area contributed by atoms with Gasteiger partial charge in [-0.25, -0.2) is 0 Å². The van der Waals surface area contributed by atoms with Crippen LogP contribution in [0.25, 0.3) is 0 Å². The molecule has 1 aromatic heterocycles. The van der Waals surface area contributed by atoms with E-state index >= 15 is 0 Å². The summed E-state index contributed by atoms with van der Waals surface area (Å²) in [6, 6.07) is 12.2. The lowest BCUT2D eigenvalue weighted by atomic mass is 10.1. The predicted molar refractivity (Wildman–Crippen MR) is 130 cm³/mol. The van der Waals surface area contributed by atoms with Crippen molar-refractivity contribution in [2.75, 3.05) is 19.4 Å². The molecule has 1 amide bonds. The first-order valence-corrected chi connectivity index (χ1v) is 9.98. The molecule has 0 saturated heterocycles. The summed E-state index contributed by atoms with van der Waals surface area (Å²) in [5.41, 5.74) is 3.20. The summed E-state index contributed by atoms with van der Waals surface area (Å²) >= 11 is 0. The highest BCUT2D eigenvalue weighted by Crippen LogP contribution is 2.26. The van der Waals surface area contributed by atoms with Crippen LogP contribution in [-0.2, 0) is 24.9 Å². The Labute approximate surface area is 190 Å². The monoisotopic (exact) mass is 509 g/mol. The molecule has 158 valence electrons. The third-order valence-electron chi connectivity index (χ3n) is 5.39. The van der Waals surface area contributed by atoms with E-state index < -0.39 is 0 Å². The molecule has 2 N–H and O–H groups in total. The minimum Gasteiger partial charge on any atom is -0.353 e. The number of aliphatic imine (C=N–C) groups is 1. The second-order valence-corrected chi connectivity index (χ2v) is 7.54. The number of carbonyl (C=O) groups excluding carboxylic acids is 1. The van der Waals surface area contributed by atoms with Crippen LogP contribution >= 0.6 is 24.0 Å². The molecule has 1 aliphatic carbocycles. The Bertz CT molecular complexity index is 826. The molecular formula is C22H32IN5O. The number of amides is 1. The third-order valence-corrected chi connectivity index (χ3v) is 5.39. The quantitative estimate of drug-likeness (QED) is 0.352. The molecule has 1 fully saturated rings. The normalized spacial score (nSPS) is 14.4. The van der Waals surface area contributed by atoms with Gasteiger partial charge in [0.1, 0.15) is 0 Å². The number of aryl methyl sites for hydroxylation is 1. The predicted octanol–water partition coefficient (Wildman–Crippen LogP) is 3.98. The number of halogens is 1. The molecule has 0 aliphatic heterocycles. The molecule has 29 heavy (non-hydrogen) atoms. The van der Waals surface area contributed by atoms with Crippen LogP contribution in [0.4, 0.5) is 5.69 Å². The van der Waals surface area contributed by atoms with E-state index in [0.29, 0.717) is 6.54 Å². The van der Waals surface area contributed by atoms with Crippen molar-refractivity contribution in [3.8, 4) is 0 Å². The van der Waals surface area contributed by atoms with E-state index in [-0.39, 0.29) is 35.8 Å². The number of benzene rings is 1. The van der Waals surface area contributed by atoms with E-state index in [4.69, 9.17) is 0 Å². The highest BCUT2D eigenvalue weighted by Gasteiger charge is 2.22. The number of carbonyl (C=O) groups is 1. The van der Waals surface area contributed by atoms with Crippen molar-refractivity contribution in [2.45, 2.75) is 38.8 Å². The summed E-state index contributed by atoms with van der Waals surface area (Å²) in [7, 11) is 5.87. The molecule has 0 atom stereocenters. The first-order chi connectivity index (χ1) is 13.6. The molecule has 6 nitrogen and oxygen atoms in total. The SMILES string of the molecule is CN=C(NCc1cccc(NC(=O)C2CCCC2)c1)N(C)Cc1cccn1C.I. The first-order valence-electron chi connectivity index (χ1n) is 9.98. The average molecular weight is 509 g/mol. The van der Waals surface area contributed by atoms with Crippen LogP contribution in [0.2, 0.25) is 0 Å². The summed E-state index contributed by atoms with van der Waals surface area (Å²) in [6.07, 6.45) is 6.40. The Morgan fingerprint density at radius 1 is 1.24 bits per heavy atom. The van der Waals surface area contributed by atoms with Gasteiger partial charge in [-0.2, -0.15) is 0 Å². The molecule has 0 radical (unpaired) electrons. The highest BCUT2D eigenvalue weighted by atomic mass is 127. The van der Waals surface area contributed by atoms with Gasteiger partial charge in [-0.05, 0) is 42.7 Å². The van der Waals surface area contributed by atoms with Crippen molar-refractivity contribution in [3.05, 3.63) is 53.9 Å². The molecule has 1 heterocycles. The van der Waals surface area contributed by atoms with Crippen molar-refractivity contribution in [1.82, 2.24) is 14.8 Å². The number of aromatic nitrogens is 1. The van der Waals surface area contributed by atoms with Crippen LogP contribution in [0.5, 0.6) is 0 Å². The Morgan fingerprint density at radius 3 is 2.66 bits per heavy atom. The van der Waals surface area contributed by atoms with Gasteiger partial charge in [-0.1, -0.05) is 25.0 Å². The molecular weight excluding hydrogens is 477 g/mol. The van der Waals surface area contributed by atoms with Crippen LogP contribution in [0.1, 0.15) is 36.9 Å². The maximum atomic E-state index is 12.4. The zero-order valence-corrected chi connectivity index (χ0v) is 19.8. The standard InChI is InChI=1S/C22H31N5O.HI/c1-23-22(27(3)16-20-12-7-13-26(20)2)24-15-17-8-6-11-19(14-17)25-21(28)18-9-4-5-10-18;/h6-8,11-14,18H,4-5,9-10,15-16H2,1-3H3,(H,23,24)(H,25,28);1H. The molecule has 2 aromatic rings. The average Bonchev–Trinajstić information content (AvgIpc) is 3.35. The number of anilines is 1. The fourth-order valence-corrected chi connectivity index (χ4v) is 3.74. The number of hydrogen-bond acceptors (Lipinski definition) is 2. The van der Waals surface area contributed by atoms with Gasteiger partial charge in [0, 0.05) is 51.2 Å².